The number of halogens is 1. The number of rotatable bonds is 7. The van der Waals surface area contributed by atoms with Gasteiger partial charge in [0.05, 0.1) is 7.11 Å². The number of carbonyl (C=O) groups is 2. The van der Waals surface area contributed by atoms with Crippen LogP contribution in [0.2, 0.25) is 0 Å². The largest absolute Gasteiger partial charge is 0.497 e. The number of ether oxygens (including phenoxy) is 3. The molecule has 0 fully saturated rings. The number of methoxy groups -OCH3 is 1. The summed E-state index contributed by atoms with van der Waals surface area (Å²) in [5.74, 6) is 1.34. The fourth-order valence-electron chi connectivity index (χ4n) is 2.83. The van der Waals surface area contributed by atoms with Crippen LogP contribution in [0.5, 0.6) is 17.2 Å². The maximum absolute atomic E-state index is 10.9. The molecule has 1 N–H and O–H groups in total. The Morgan fingerprint density at radius 3 is 1.66 bits per heavy atom. The molecule has 0 heterocycles. The topological polar surface area (TPSA) is 82.1 Å². The summed E-state index contributed by atoms with van der Waals surface area (Å²) < 4.78 is 15.1. The van der Waals surface area contributed by atoms with Crippen LogP contribution in [-0.2, 0) is 9.59 Å². The molecular formula is C29H37FO6PSi+. The van der Waals surface area contributed by atoms with Gasteiger partial charge in [0, 0.05) is 20.5 Å². The summed E-state index contributed by atoms with van der Waals surface area (Å²) in [5.41, 5.74) is 4.27. The molecule has 3 aromatic rings. The molecule has 3 aromatic carbocycles. The van der Waals surface area contributed by atoms with Crippen LogP contribution in [0.3, 0.4) is 0 Å². The van der Waals surface area contributed by atoms with Gasteiger partial charge in [0.25, 0.3) is 0 Å². The highest BCUT2D eigenvalue weighted by atomic mass is 31.3. The summed E-state index contributed by atoms with van der Waals surface area (Å²) in [5, 5.41) is 0. The van der Waals surface area contributed by atoms with E-state index in [1.807, 2.05) is 55.5 Å². The van der Waals surface area contributed by atoms with Gasteiger partial charge in [-0.2, -0.15) is 0 Å². The van der Waals surface area contributed by atoms with Gasteiger partial charge < -0.3 is 19.0 Å². The lowest BCUT2D eigenvalue weighted by Crippen LogP contribution is -2.00. The van der Waals surface area contributed by atoms with Crippen molar-refractivity contribution in [3.63, 3.8) is 0 Å². The van der Waals surface area contributed by atoms with E-state index in [9.17, 15) is 9.59 Å². The molecule has 204 valence electrons. The Hall–Kier alpha value is -3.58. The molecule has 9 heteroatoms. The van der Waals surface area contributed by atoms with Crippen molar-refractivity contribution in [2.45, 2.75) is 20.8 Å². The van der Waals surface area contributed by atoms with Gasteiger partial charge in [-0.3, -0.25) is 14.3 Å². The third kappa shape index (κ3) is 14.9. The Bertz CT molecular complexity index is 1160. The van der Waals surface area contributed by atoms with E-state index in [0.717, 1.165) is 28.0 Å². The summed E-state index contributed by atoms with van der Waals surface area (Å²) in [7, 11) is 1.65. The summed E-state index contributed by atoms with van der Waals surface area (Å²) in [4.78, 5) is 29.4. The van der Waals surface area contributed by atoms with Crippen LogP contribution in [0.15, 0.2) is 73.3 Å². The van der Waals surface area contributed by atoms with Crippen molar-refractivity contribution >= 4 is 47.7 Å². The van der Waals surface area contributed by atoms with Crippen molar-refractivity contribution < 1.29 is 33.3 Å². The highest BCUT2D eigenvalue weighted by Crippen LogP contribution is 2.19. The smallest absolute Gasteiger partial charge is 0.333 e. The monoisotopic (exact) mass is 559 g/mol. The summed E-state index contributed by atoms with van der Waals surface area (Å²) in [6, 6.07) is 20.6. The Labute approximate surface area is 228 Å². The first kappa shape index (κ1) is 34.4. The molecule has 1 atom stereocenters. The Morgan fingerprint density at radius 1 is 0.816 bits per heavy atom. The standard InChI is InChI=1S/C18H18O3.C10H10O2.CH7OPSi.FH/c1-13-10-16(12-18(11-13)20-3)5-4-15-6-8-17(9-7-15)21-14(2)19;1-3-9-4-6-10(7-5-9)12-8(2)11;1-3-4-2;/h4-12H,1-3H3;3-7H,1H2,2H3;2-3H,4H2,1H3;1H/p+1/b5-4+;;;. The van der Waals surface area contributed by atoms with Crippen molar-refractivity contribution in [2.75, 3.05) is 13.8 Å². The molecule has 0 aliphatic carbocycles. The molecule has 0 bridgehead atoms. The van der Waals surface area contributed by atoms with Gasteiger partial charge in [-0.25, -0.2) is 0 Å². The third-order valence-corrected chi connectivity index (χ3v) is 5.94. The molecule has 3 rings (SSSR count). The number of benzene rings is 3. The minimum atomic E-state index is -0.492. The van der Waals surface area contributed by atoms with E-state index in [2.05, 4.69) is 19.3 Å². The molecule has 0 saturated carbocycles. The van der Waals surface area contributed by atoms with Crippen molar-refractivity contribution in [2.24, 2.45) is 0 Å². The zero-order valence-electron chi connectivity index (χ0n) is 22.5. The van der Waals surface area contributed by atoms with Gasteiger partial charge in [-0.1, -0.05) is 55.1 Å². The van der Waals surface area contributed by atoms with E-state index < -0.39 is 9.43 Å². The molecule has 6 nitrogen and oxygen atoms in total. The second-order valence-electron chi connectivity index (χ2n) is 7.74. The minimum Gasteiger partial charge on any atom is -0.497 e. The number of hydrogen-bond acceptors (Lipinski definition) is 6. The van der Waals surface area contributed by atoms with Crippen LogP contribution >= 0.6 is 8.13 Å². The highest BCUT2D eigenvalue weighted by molar-refractivity contribution is 7.68. The van der Waals surface area contributed by atoms with Crippen LogP contribution in [0, 0.1) is 6.92 Å². The van der Waals surface area contributed by atoms with Gasteiger partial charge in [-0.05, 0) is 73.7 Å². The molecule has 0 spiro atoms. The Kier molecular flexibility index (Phi) is 17.7. The van der Waals surface area contributed by atoms with Crippen molar-refractivity contribution in [3.05, 3.63) is 95.6 Å². The molecule has 1 unspecified atom stereocenters. The summed E-state index contributed by atoms with van der Waals surface area (Å²) in [6.07, 6.45) is 5.76. The second kappa shape index (κ2) is 19.5. The van der Waals surface area contributed by atoms with Gasteiger partial charge in [0.2, 0.25) is 0 Å². The SMILES string of the molecule is C=Cc1ccc(OC(C)=O)cc1.COc1cc(C)cc(/C=C/c2ccc(OC(C)=O)cc2)c1.C[PH2+][SiH2]O.F. The van der Waals surface area contributed by atoms with Crippen LogP contribution in [0.1, 0.15) is 36.1 Å². The van der Waals surface area contributed by atoms with E-state index in [1.165, 1.54) is 13.8 Å². The maximum atomic E-state index is 10.9. The van der Waals surface area contributed by atoms with Gasteiger partial charge in [0.15, 0.2) is 0 Å². The quantitative estimate of drug-likeness (QED) is 0.135. The molecule has 0 radical (unpaired) electrons. The third-order valence-electron chi connectivity index (χ3n) is 4.48. The predicted molar refractivity (Wildman–Crippen MR) is 161 cm³/mol. The lowest BCUT2D eigenvalue weighted by Gasteiger charge is -2.04. The Morgan fingerprint density at radius 2 is 1.26 bits per heavy atom. The summed E-state index contributed by atoms with van der Waals surface area (Å²) in [6.45, 7) is 10.5. The van der Waals surface area contributed by atoms with E-state index >= 15 is 0 Å². The first-order valence-electron chi connectivity index (χ1n) is 11.6. The van der Waals surface area contributed by atoms with Gasteiger partial charge in [0.1, 0.15) is 17.2 Å². The van der Waals surface area contributed by atoms with Crippen LogP contribution in [-0.4, -0.2) is 39.9 Å². The van der Waals surface area contributed by atoms with Crippen LogP contribution in [0.25, 0.3) is 18.2 Å². The maximum Gasteiger partial charge on any atom is 0.333 e. The lowest BCUT2D eigenvalue weighted by atomic mass is 10.1. The zero-order valence-corrected chi connectivity index (χ0v) is 25.0. The van der Waals surface area contributed by atoms with Crippen LogP contribution in [0.4, 0.5) is 4.70 Å². The highest BCUT2D eigenvalue weighted by Gasteiger charge is 1.98. The first-order valence-corrected chi connectivity index (χ1v) is 16.7. The number of esters is 2. The van der Waals surface area contributed by atoms with E-state index in [0.29, 0.717) is 19.6 Å². The fourth-order valence-corrected chi connectivity index (χ4v) is 2.83. The lowest BCUT2D eigenvalue weighted by molar-refractivity contribution is -0.132. The normalized spacial score (nSPS) is 10.2. The minimum absolute atomic E-state index is 0. The molecule has 0 amide bonds. The average Bonchev–Trinajstić information content (AvgIpc) is 2.88. The van der Waals surface area contributed by atoms with E-state index in [4.69, 9.17) is 19.0 Å². The molecule has 38 heavy (non-hydrogen) atoms. The zero-order chi connectivity index (χ0) is 27.6. The molecule has 0 saturated heterocycles. The number of aryl methyl sites for hydroxylation is 1. The Balaban J connectivity index is 0.000000682. The van der Waals surface area contributed by atoms with Crippen molar-refractivity contribution in [3.8, 4) is 17.2 Å². The predicted octanol–water partition coefficient (Wildman–Crippen LogP) is 5.52. The van der Waals surface area contributed by atoms with Crippen molar-refractivity contribution in [1.82, 2.24) is 0 Å². The number of carbonyl (C=O) groups excluding carboxylic acids is 2. The molecule has 0 aromatic heterocycles. The fraction of sp³-hybridized carbons (Fsp3) is 0.172. The van der Waals surface area contributed by atoms with Gasteiger partial charge in [-0.15, -0.1) is 0 Å². The van der Waals surface area contributed by atoms with E-state index in [-0.39, 0.29) is 16.6 Å². The molecular weight excluding hydrogens is 522 g/mol. The second-order valence-corrected chi connectivity index (χ2v) is 12.5. The number of hydrogen-bond donors (Lipinski definition) is 1. The van der Waals surface area contributed by atoms with E-state index in [1.54, 1.807) is 37.5 Å². The molecule has 0 aliphatic heterocycles. The first-order chi connectivity index (χ1) is 17.7. The van der Waals surface area contributed by atoms with Gasteiger partial charge >= 0.3 is 21.4 Å². The summed E-state index contributed by atoms with van der Waals surface area (Å²) >= 11 is 0. The van der Waals surface area contributed by atoms with Crippen LogP contribution < -0.4 is 14.2 Å². The average molecular weight is 560 g/mol. The van der Waals surface area contributed by atoms with Crippen molar-refractivity contribution in [1.29, 1.82) is 0 Å². The molecule has 0 aliphatic rings.